The molecule has 1 fully saturated rings. The summed E-state index contributed by atoms with van der Waals surface area (Å²) in [5.74, 6) is 2.31. The van der Waals surface area contributed by atoms with Crippen LogP contribution in [0.5, 0.6) is 11.5 Å². The summed E-state index contributed by atoms with van der Waals surface area (Å²) in [5.41, 5.74) is 2.44. The molecule has 1 amide bonds. The first-order chi connectivity index (χ1) is 13.2. The molecule has 27 heavy (non-hydrogen) atoms. The summed E-state index contributed by atoms with van der Waals surface area (Å²) in [6, 6.07) is 8.26. The Labute approximate surface area is 158 Å². The zero-order chi connectivity index (χ0) is 18.2. The Morgan fingerprint density at radius 1 is 1.15 bits per heavy atom. The Morgan fingerprint density at radius 3 is 2.96 bits per heavy atom. The molecule has 0 bridgehead atoms. The predicted molar refractivity (Wildman–Crippen MR) is 98.2 cm³/mol. The van der Waals surface area contributed by atoms with Crippen molar-refractivity contribution < 1.29 is 14.3 Å². The van der Waals surface area contributed by atoms with Crippen molar-refractivity contribution >= 4 is 5.91 Å². The average Bonchev–Trinajstić information content (AvgIpc) is 3.36. The summed E-state index contributed by atoms with van der Waals surface area (Å²) in [6.45, 7) is 5.52. The quantitative estimate of drug-likeness (QED) is 0.825. The van der Waals surface area contributed by atoms with Gasteiger partial charge in [0, 0.05) is 57.8 Å². The molecule has 7 nitrogen and oxygen atoms in total. The van der Waals surface area contributed by atoms with Crippen LogP contribution in [0.25, 0.3) is 0 Å². The Bertz CT molecular complexity index is 850. The number of rotatable bonds is 4. The molecule has 1 atom stereocenters. The van der Waals surface area contributed by atoms with Gasteiger partial charge < -0.3 is 14.4 Å². The first-order valence-electron chi connectivity index (χ1n) is 9.64. The van der Waals surface area contributed by atoms with Gasteiger partial charge in [0.2, 0.25) is 12.7 Å². The van der Waals surface area contributed by atoms with Gasteiger partial charge >= 0.3 is 0 Å². The van der Waals surface area contributed by atoms with Gasteiger partial charge in [-0.2, -0.15) is 5.10 Å². The van der Waals surface area contributed by atoms with Crippen molar-refractivity contribution in [3.63, 3.8) is 0 Å². The number of amides is 1. The molecule has 0 aliphatic carbocycles. The zero-order valence-electron chi connectivity index (χ0n) is 15.3. The van der Waals surface area contributed by atoms with E-state index in [2.05, 4.69) is 32.9 Å². The molecule has 2 aromatic rings. The lowest BCUT2D eigenvalue weighted by molar-refractivity contribution is -0.128. The maximum absolute atomic E-state index is 12.1. The minimum atomic E-state index is 0.294. The van der Waals surface area contributed by atoms with E-state index in [1.54, 1.807) is 0 Å². The van der Waals surface area contributed by atoms with Crippen LogP contribution < -0.4 is 9.47 Å². The smallest absolute Gasteiger partial charge is 0.231 e. The molecule has 142 valence electrons. The highest BCUT2D eigenvalue weighted by Gasteiger charge is 2.28. The summed E-state index contributed by atoms with van der Waals surface area (Å²) < 4.78 is 13.0. The number of hydrogen-bond donors (Lipinski definition) is 0. The molecular weight excluding hydrogens is 344 g/mol. The normalized spacial score (nSPS) is 22.1. The van der Waals surface area contributed by atoms with E-state index >= 15 is 0 Å². The van der Waals surface area contributed by atoms with Gasteiger partial charge in [-0.1, -0.05) is 6.07 Å². The molecule has 1 saturated heterocycles. The molecule has 1 aromatic carbocycles. The molecule has 0 unspecified atom stereocenters. The number of hydrogen-bond acceptors (Lipinski definition) is 5. The molecule has 7 heteroatoms. The molecule has 3 aliphatic rings. The number of fused-ring (bicyclic) bond motifs is 2. The second kappa shape index (κ2) is 6.88. The second-order valence-electron chi connectivity index (χ2n) is 7.67. The highest BCUT2D eigenvalue weighted by Crippen LogP contribution is 2.33. The molecule has 1 aromatic heterocycles. The monoisotopic (exact) mass is 368 g/mol. The van der Waals surface area contributed by atoms with Gasteiger partial charge in [-0.15, -0.1) is 0 Å². The summed E-state index contributed by atoms with van der Waals surface area (Å²) >= 11 is 0. The van der Waals surface area contributed by atoms with E-state index in [0.29, 0.717) is 25.0 Å². The van der Waals surface area contributed by atoms with Crippen LogP contribution in [0, 0.1) is 5.92 Å². The van der Waals surface area contributed by atoms with Crippen molar-refractivity contribution in [3.05, 3.63) is 41.7 Å². The summed E-state index contributed by atoms with van der Waals surface area (Å²) in [5, 5.41) is 4.50. The first-order valence-corrected chi connectivity index (χ1v) is 9.64. The van der Waals surface area contributed by atoms with Gasteiger partial charge in [-0.3, -0.25) is 14.4 Å². The van der Waals surface area contributed by atoms with Crippen molar-refractivity contribution in [2.45, 2.75) is 32.5 Å². The number of ether oxygens (including phenoxy) is 2. The average molecular weight is 368 g/mol. The van der Waals surface area contributed by atoms with E-state index < -0.39 is 0 Å². The van der Waals surface area contributed by atoms with Gasteiger partial charge in [-0.05, 0) is 30.2 Å². The highest BCUT2D eigenvalue weighted by atomic mass is 16.7. The third-order valence-corrected chi connectivity index (χ3v) is 5.63. The Balaban J connectivity index is 1.34. The number of nitrogens with zero attached hydrogens (tertiary/aromatic N) is 4. The van der Waals surface area contributed by atoms with Crippen molar-refractivity contribution in [2.24, 2.45) is 5.92 Å². The van der Waals surface area contributed by atoms with Gasteiger partial charge in [0.1, 0.15) is 0 Å². The summed E-state index contributed by atoms with van der Waals surface area (Å²) in [6.07, 6.45) is 3.55. The zero-order valence-corrected chi connectivity index (χ0v) is 15.3. The second-order valence-corrected chi connectivity index (χ2v) is 7.67. The number of likely N-dealkylation sites (tertiary alicyclic amines) is 1. The van der Waals surface area contributed by atoms with E-state index in [4.69, 9.17) is 9.47 Å². The van der Waals surface area contributed by atoms with Crippen molar-refractivity contribution in [3.8, 4) is 11.5 Å². The van der Waals surface area contributed by atoms with E-state index in [9.17, 15) is 4.79 Å². The van der Waals surface area contributed by atoms with E-state index in [-0.39, 0.29) is 0 Å². The van der Waals surface area contributed by atoms with Crippen LogP contribution in [-0.2, 0) is 24.4 Å². The SMILES string of the molecule is O=C1CCCN1C[C@@H]1CN(Cc2ccc3c(c2)OCO3)Cc2ccnn2C1. The van der Waals surface area contributed by atoms with Gasteiger partial charge in [0.05, 0.1) is 5.69 Å². The Kier molecular flexibility index (Phi) is 4.24. The largest absolute Gasteiger partial charge is 0.454 e. The number of carbonyl (C=O) groups excluding carboxylic acids is 1. The van der Waals surface area contributed by atoms with E-state index in [1.807, 2.05) is 17.2 Å². The summed E-state index contributed by atoms with van der Waals surface area (Å²) in [7, 11) is 0. The first kappa shape index (κ1) is 16.6. The topological polar surface area (TPSA) is 59.8 Å². The molecular formula is C20H24N4O3. The highest BCUT2D eigenvalue weighted by molar-refractivity contribution is 5.78. The molecule has 0 spiro atoms. The molecule has 4 heterocycles. The maximum atomic E-state index is 12.1. The van der Waals surface area contributed by atoms with Crippen molar-refractivity contribution in [1.82, 2.24) is 19.6 Å². The third-order valence-electron chi connectivity index (χ3n) is 5.63. The summed E-state index contributed by atoms with van der Waals surface area (Å²) in [4.78, 5) is 16.5. The van der Waals surface area contributed by atoms with Gasteiger partial charge in [-0.25, -0.2) is 0 Å². The molecule has 0 radical (unpaired) electrons. The Morgan fingerprint density at radius 2 is 2.07 bits per heavy atom. The van der Waals surface area contributed by atoms with Crippen LogP contribution in [0.1, 0.15) is 24.1 Å². The number of carbonyl (C=O) groups is 1. The number of benzene rings is 1. The molecule has 5 rings (SSSR count). The van der Waals surface area contributed by atoms with Crippen LogP contribution in [0.15, 0.2) is 30.5 Å². The predicted octanol–water partition coefficient (Wildman–Crippen LogP) is 1.87. The Hall–Kier alpha value is -2.54. The minimum absolute atomic E-state index is 0.294. The fraction of sp³-hybridized carbons (Fsp3) is 0.500. The van der Waals surface area contributed by atoms with Crippen LogP contribution in [0.3, 0.4) is 0 Å². The molecule has 0 saturated carbocycles. The molecule has 3 aliphatic heterocycles. The van der Waals surface area contributed by atoms with Crippen LogP contribution in [0.2, 0.25) is 0 Å². The lowest BCUT2D eigenvalue weighted by Gasteiger charge is -2.27. The van der Waals surface area contributed by atoms with Gasteiger partial charge in [0.25, 0.3) is 0 Å². The lowest BCUT2D eigenvalue weighted by atomic mass is 10.1. The van der Waals surface area contributed by atoms with Crippen LogP contribution in [-0.4, -0.2) is 51.9 Å². The fourth-order valence-corrected chi connectivity index (χ4v) is 4.36. The van der Waals surface area contributed by atoms with Crippen molar-refractivity contribution in [2.75, 3.05) is 26.4 Å². The standard InChI is InChI=1S/C20H24N4O3/c25-20-2-1-7-23(20)11-16-10-22(13-17-5-6-21-24(17)12-16)9-15-3-4-18-19(8-15)27-14-26-18/h3-6,8,16H,1-2,7,9-14H2/t16-/m0/s1. The van der Waals surface area contributed by atoms with E-state index in [0.717, 1.165) is 57.2 Å². The van der Waals surface area contributed by atoms with E-state index in [1.165, 1.54) is 11.3 Å². The lowest BCUT2D eigenvalue weighted by Crippen LogP contribution is -2.37. The fourth-order valence-electron chi connectivity index (χ4n) is 4.36. The number of aromatic nitrogens is 2. The minimum Gasteiger partial charge on any atom is -0.454 e. The maximum Gasteiger partial charge on any atom is 0.231 e. The molecule has 0 N–H and O–H groups in total. The van der Waals surface area contributed by atoms with Crippen LogP contribution >= 0.6 is 0 Å². The van der Waals surface area contributed by atoms with Crippen molar-refractivity contribution in [1.29, 1.82) is 0 Å². The van der Waals surface area contributed by atoms with Crippen LogP contribution in [0.4, 0.5) is 0 Å². The van der Waals surface area contributed by atoms with Gasteiger partial charge in [0.15, 0.2) is 11.5 Å². The third kappa shape index (κ3) is 3.39.